The van der Waals surface area contributed by atoms with E-state index in [0.29, 0.717) is 30.0 Å². The molecule has 0 fully saturated rings. The lowest BCUT2D eigenvalue weighted by Crippen LogP contribution is -2.47. The van der Waals surface area contributed by atoms with Gasteiger partial charge in [-0.3, -0.25) is 9.59 Å². The van der Waals surface area contributed by atoms with Crippen molar-refractivity contribution in [3.63, 3.8) is 0 Å². The number of fused-ring (bicyclic) bond motifs is 2. The van der Waals surface area contributed by atoms with Crippen LogP contribution < -0.4 is 5.32 Å². The van der Waals surface area contributed by atoms with Crippen LogP contribution in [0.25, 0.3) is 10.9 Å². The molecule has 0 saturated heterocycles. The average molecular weight is 492 g/mol. The van der Waals surface area contributed by atoms with Gasteiger partial charge in [-0.25, -0.2) is 4.39 Å². The summed E-state index contributed by atoms with van der Waals surface area (Å²) < 4.78 is 19.0. The van der Waals surface area contributed by atoms with Gasteiger partial charge in [0.25, 0.3) is 5.91 Å². The Balaban J connectivity index is 1.66. The first kappa shape index (κ1) is 23.1. The van der Waals surface area contributed by atoms with Gasteiger partial charge in [0.15, 0.2) is 0 Å². The van der Waals surface area contributed by atoms with E-state index in [1.807, 2.05) is 42.6 Å². The lowest BCUT2D eigenvalue weighted by atomic mass is 9.79. The van der Waals surface area contributed by atoms with E-state index >= 15 is 0 Å². The number of amides is 2. The molecule has 0 aliphatic carbocycles. The zero-order valence-electron chi connectivity index (χ0n) is 18.9. The maximum Gasteiger partial charge on any atom is 0.254 e. The Morgan fingerprint density at radius 1 is 1.11 bits per heavy atom. The minimum absolute atomic E-state index is 0.0862. The van der Waals surface area contributed by atoms with Gasteiger partial charge in [0.05, 0.1) is 23.6 Å². The van der Waals surface area contributed by atoms with Crippen LogP contribution in [0.5, 0.6) is 0 Å². The number of nitrogens with one attached hydrogen (secondary N) is 2. The van der Waals surface area contributed by atoms with Gasteiger partial charge in [-0.05, 0) is 35.9 Å². The maximum atomic E-state index is 13.9. The number of aromatic nitrogens is 1. The molecule has 4 aromatic rings. The summed E-state index contributed by atoms with van der Waals surface area (Å²) in [7, 11) is 1.57. The molecule has 0 spiro atoms. The van der Waals surface area contributed by atoms with Gasteiger partial charge >= 0.3 is 0 Å². The number of carbonyl (C=O) groups excluding carboxylic acids is 2. The Bertz CT molecular complexity index is 1420. The lowest BCUT2D eigenvalue weighted by molar-refractivity contribution is -0.119. The van der Waals surface area contributed by atoms with E-state index in [0.717, 1.165) is 16.5 Å². The Hall–Kier alpha value is -3.68. The minimum Gasteiger partial charge on any atom is -0.383 e. The van der Waals surface area contributed by atoms with Gasteiger partial charge in [0, 0.05) is 47.6 Å². The first-order valence-corrected chi connectivity index (χ1v) is 11.6. The molecule has 0 unspecified atom stereocenters. The van der Waals surface area contributed by atoms with E-state index in [1.165, 1.54) is 18.2 Å². The Morgan fingerprint density at radius 3 is 2.69 bits per heavy atom. The first-order valence-electron chi connectivity index (χ1n) is 11.2. The minimum atomic E-state index is -0.733. The Morgan fingerprint density at radius 2 is 1.89 bits per heavy atom. The van der Waals surface area contributed by atoms with E-state index in [4.69, 9.17) is 16.3 Å². The number of ether oxygens (including phenoxy) is 1. The van der Waals surface area contributed by atoms with Crippen LogP contribution in [0.1, 0.15) is 33.4 Å². The van der Waals surface area contributed by atoms with Gasteiger partial charge in [-0.1, -0.05) is 48.0 Å². The molecule has 2 N–H and O–H groups in total. The Labute approximate surface area is 206 Å². The SMILES string of the molecule is COCCN1C(=O)c2ccccc2[C@H](C(=O)Nc2ccc(F)c(Cl)c2)[C@H]1c1c[nH]c2ccccc12. The molecule has 5 rings (SSSR count). The van der Waals surface area contributed by atoms with E-state index in [9.17, 15) is 14.0 Å². The summed E-state index contributed by atoms with van der Waals surface area (Å²) >= 11 is 5.94. The van der Waals surface area contributed by atoms with Crippen LogP contribution in [0.3, 0.4) is 0 Å². The second-order valence-corrected chi connectivity index (χ2v) is 8.82. The average Bonchev–Trinajstić information content (AvgIpc) is 3.29. The molecule has 178 valence electrons. The van der Waals surface area contributed by atoms with E-state index in [-0.39, 0.29) is 16.8 Å². The van der Waals surface area contributed by atoms with E-state index in [1.54, 1.807) is 24.1 Å². The van der Waals surface area contributed by atoms with Crippen molar-refractivity contribution in [3.05, 3.63) is 100 Å². The normalized spacial score (nSPS) is 17.5. The molecule has 1 aromatic heterocycles. The monoisotopic (exact) mass is 491 g/mol. The third kappa shape index (κ3) is 4.17. The van der Waals surface area contributed by atoms with Crippen LogP contribution >= 0.6 is 11.6 Å². The topological polar surface area (TPSA) is 74.4 Å². The van der Waals surface area contributed by atoms with Gasteiger partial charge in [0.2, 0.25) is 5.91 Å². The fourth-order valence-corrected chi connectivity index (χ4v) is 4.97. The molecule has 3 aromatic carbocycles. The number of anilines is 1. The van der Waals surface area contributed by atoms with Crippen molar-refractivity contribution >= 4 is 40.0 Å². The number of nitrogens with zero attached hydrogens (tertiary/aromatic N) is 1. The molecule has 35 heavy (non-hydrogen) atoms. The number of methoxy groups -OCH3 is 1. The van der Waals surface area contributed by atoms with Crippen LogP contribution in [-0.2, 0) is 9.53 Å². The molecule has 1 aliphatic rings. The number of H-pyrrole nitrogens is 1. The van der Waals surface area contributed by atoms with Crippen molar-refractivity contribution in [2.24, 2.45) is 0 Å². The van der Waals surface area contributed by atoms with Crippen molar-refractivity contribution in [1.82, 2.24) is 9.88 Å². The van der Waals surface area contributed by atoms with Crippen molar-refractivity contribution in [2.75, 3.05) is 25.6 Å². The molecular weight excluding hydrogens is 469 g/mol. The van der Waals surface area contributed by atoms with Gasteiger partial charge in [-0.2, -0.15) is 0 Å². The number of rotatable bonds is 6. The number of benzene rings is 3. The van der Waals surface area contributed by atoms with Crippen LogP contribution in [0, 0.1) is 5.82 Å². The lowest BCUT2D eigenvalue weighted by Gasteiger charge is -2.41. The van der Waals surface area contributed by atoms with Crippen molar-refractivity contribution in [1.29, 1.82) is 0 Å². The third-order valence-electron chi connectivity index (χ3n) is 6.38. The quantitative estimate of drug-likeness (QED) is 0.372. The Kier molecular flexibility index (Phi) is 6.28. The molecule has 2 amide bonds. The number of hydrogen-bond acceptors (Lipinski definition) is 3. The summed E-state index contributed by atoms with van der Waals surface area (Å²) in [5, 5.41) is 3.72. The number of aromatic amines is 1. The second kappa shape index (κ2) is 9.52. The molecular formula is C27H23ClFN3O3. The second-order valence-electron chi connectivity index (χ2n) is 8.41. The summed E-state index contributed by atoms with van der Waals surface area (Å²) in [4.78, 5) is 32.5. The number of para-hydroxylation sites is 1. The molecule has 2 atom stereocenters. The predicted molar refractivity (Wildman–Crippen MR) is 133 cm³/mol. The number of hydrogen-bond donors (Lipinski definition) is 2. The highest BCUT2D eigenvalue weighted by atomic mass is 35.5. The predicted octanol–water partition coefficient (Wildman–Crippen LogP) is 5.53. The molecule has 2 heterocycles. The molecule has 8 heteroatoms. The molecule has 0 radical (unpaired) electrons. The highest BCUT2D eigenvalue weighted by Gasteiger charge is 2.44. The van der Waals surface area contributed by atoms with Crippen LogP contribution in [-0.4, -0.2) is 42.0 Å². The smallest absolute Gasteiger partial charge is 0.254 e. The summed E-state index contributed by atoms with van der Waals surface area (Å²) in [5.74, 6) is -1.79. The maximum absolute atomic E-state index is 13.9. The van der Waals surface area contributed by atoms with Gasteiger partial charge in [-0.15, -0.1) is 0 Å². The summed E-state index contributed by atoms with van der Waals surface area (Å²) in [5.41, 5.74) is 3.21. The van der Waals surface area contributed by atoms with E-state index in [2.05, 4.69) is 10.3 Å². The van der Waals surface area contributed by atoms with E-state index < -0.39 is 17.8 Å². The van der Waals surface area contributed by atoms with Crippen LogP contribution in [0.2, 0.25) is 5.02 Å². The number of carbonyl (C=O) groups is 2. The fraction of sp³-hybridized carbons (Fsp3) is 0.185. The highest BCUT2D eigenvalue weighted by molar-refractivity contribution is 6.31. The third-order valence-corrected chi connectivity index (χ3v) is 6.67. The van der Waals surface area contributed by atoms with Crippen molar-refractivity contribution < 1.29 is 18.7 Å². The van der Waals surface area contributed by atoms with Crippen molar-refractivity contribution in [2.45, 2.75) is 12.0 Å². The fourth-order valence-electron chi connectivity index (χ4n) is 4.79. The number of halogens is 2. The summed E-state index contributed by atoms with van der Waals surface area (Å²) in [6.45, 7) is 0.620. The van der Waals surface area contributed by atoms with Gasteiger partial charge < -0.3 is 19.9 Å². The highest BCUT2D eigenvalue weighted by Crippen LogP contribution is 2.45. The van der Waals surface area contributed by atoms with Crippen LogP contribution in [0.4, 0.5) is 10.1 Å². The van der Waals surface area contributed by atoms with Gasteiger partial charge in [0.1, 0.15) is 5.82 Å². The summed E-state index contributed by atoms with van der Waals surface area (Å²) in [6.07, 6.45) is 1.85. The molecule has 6 nitrogen and oxygen atoms in total. The largest absolute Gasteiger partial charge is 0.383 e. The first-order chi connectivity index (χ1) is 17.0. The summed E-state index contributed by atoms with van der Waals surface area (Å²) in [6, 6.07) is 18.4. The van der Waals surface area contributed by atoms with Crippen molar-refractivity contribution in [3.8, 4) is 0 Å². The molecule has 0 bridgehead atoms. The standard InChI is InChI=1S/C27H23ClFN3O3/c1-35-13-12-32-25(20-15-30-23-9-5-4-6-17(20)23)24(18-7-2-3-8-19(18)27(32)34)26(33)31-16-10-11-22(29)21(28)14-16/h2-11,14-15,24-25,30H,12-13H2,1H3,(H,31,33)/t24-,25+/m0/s1. The van der Waals surface area contributed by atoms with Crippen LogP contribution in [0.15, 0.2) is 72.9 Å². The zero-order chi connectivity index (χ0) is 24.5. The molecule has 1 aliphatic heterocycles. The zero-order valence-corrected chi connectivity index (χ0v) is 19.7. The molecule has 0 saturated carbocycles.